The Balaban J connectivity index is 0.000000221. The minimum absolute atomic E-state index is 0.296. The maximum Gasteiger partial charge on any atom is 0.303 e. The van der Waals surface area contributed by atoms with Crippen LogP contribution in [0.2, 0.25) is 0 Å². The van der Waals surface area contributed by atoms with Crippen LogP contribution in [0.1, 0.15) is 51.9 Å². The summed E-state index contributed by atoms with van der Waals surface area (Å²) in [5.74, 6) is -1.29. The van der Waals surface area contributed by atoms with Gasteiger partial charge in [-0.3, -0.25) is 14.4 Å². The maximum atomic E-state index is 11.6. The molecule has 2 fully saturated rings. The highest BCUT2D eigenvalue weighted by Crippen LogP contribution is 2.29. The van der Waals surface area contributed by atoms with Crippen molar-refractivity contribution in [2.75, 3.05) is 0 Å². The van der Waals surface area contributed by atoms with Gasteiger partial charge in [-0.1, -0.05) is 12.8 Å². The molecule has 3 atom stereocenters. The second-order valence-corrected chi connectivity index (χ2v) is 5.52. The van der Waals surface area contributed by atoms with Gasteiger partial charge in [0.25, 0.3) is 0 Å². The van der Waals surface area contributed by atoms with E-state index in [4.69, 9.17) is 10.2 Å². The number of carboxylic acid groups (broad SMARTS) is 2. The molecular weight excluding hydrogens is 262 g/mol. The SMILES string of the molecule is CC1CC(=O)C2CCCCC2N1.O=C(O)CCC(=O)O. The fourth-order valence-electron chi connectivity index (χ4n) is 2.81. The lowest BCUT2D eigenvalue weighted by molar-refractivity contribution is -0.143. The molecule has 3 N–H and O–H groups in total. The summed E-state index contributed by atoms with van der Waals surface area (Å²) >= 11 is 0. The molecule has 0 aromatic heterocycles. The van der Waals surface area contributed by atoms with Crippen LogP contribution < -0.4 is 5.32 Å². The summed E-state index contributed by atoms with van der Waals surface area (Å²) in [7, 11) is 0. The van der Waals surface area contributed by atoms with Gasteiger partial charge in [0, 0.05) is 24.4 Å². The third-order valence-corrected chi connectivity index (χ3v) is 3.74. The standard InChI is InChI=1S/C10H17NO.C4H6O4/c1-7-6-10(12)8-4-2-3-5-9(8)11-7;5-3(6)1-2-4(7)8/h7-9,11H,2-6H2,1H3;1-2H2,(H,5,6)(H,7,8). The van der Waals surface area contributed by atoms with Crippen LogP contribution in [0.15, 0.2) is 0 Å². The highest BCUT2D eigenvalue weighted by Gasteiger charge is 2.35. The molecule has 1 heterocycles. The first-order valence-corrected chi connectivity index (χ1v) is 7.12. The van der Waals surface area contributed by atoms with Crippen LogP contribution in [0.25, 0.3) is 0 Å². The van der Waals surface area contributed by atoms with Gasteiger partial charge < -0.3 is 15.5 Å². The van der Waals surface area contributed by atoms with Crippen LogP contribution in [0.3, 0.4) is 0 Å². The second kappa shape index (κ2) is 7.99. The molecule has 1 saturated carbocycles. The summed E-state index contributed by atoms with van der Waals surface area (Å²) in [5, 5.41) is 19.3. The van der Waals surface area contributed by atoms with Gasteiger partial charge in [0.05, 0.1) is 12.8 Å². The van der Waals surface area contributed by atoms with Gasteiger partial charge in [-0.25, -0.2) is 0 Å². The van der Waals surface area contributed by atoms with E-state index in [1.54, 1.807) is 0 Å². The van der Waals surface area contributed by atoms with E-state index in [0.29, 0.717) is 23.8 Å². The van der Waals surface area contributed by atoms with Gasteiger partial charge in [0.15, 0.2) is 0 Å². The average Bonchev–Trinajstić information content (AvgIpc) is 2.37. The number of aliphatic carboxylic acids is 2. The number of nitrogens with one attached hydrogen (secondary N) is 1. The number of piperidine rings is 1. The van der Waals surface area contributed by atoms with Gasteiger partial charge in [-0.05, 0) is 19.8 Å². The third kappa shape index (κ3) is 5.69. The summed E-state index contributed by atoms with van der Waals surface area (Å²) in [6.07, 6.45) is 5.05. The van der Waals surface area contributed by atoms with Crippen molar-refractivity contribution in [1.82, 2.24) is 5.32 Å². The van der Waals surface area contributed by atoms with Crippen LogP contribution >= 0.6 is 0 Å². The lowest BCUT2D eigenvalue weighted by Crippen LogP contribution is -2.52. The zero-order valence-corrected chi connectivity index (χ0v) is 11.8. The molecule has 20 heavy (non-hydrogen) atoms. The topological polar surface area (TPSA) is 104 Å². The highest BCUT2D eigenvalue weighted by molar-refractivity contribution is 5.83. The number of carboxylic acids is 2. The largest absolute Gasteiger partial charge is 0.481 e. The number of carbonyl (C=O) groups excluding carboxylic acids is 1. The number of fused-ring (bicyclic) bond motifs is 1. The average molecular weight is 285 g/mol. The summed E-state index contributed by atoms with van der Waals surface area (Å²) in [6.45, 7) is 2.11. The lowest BCUT2D eigenvalue weighted by atomic mass is 9.77. The van der Waals surface area contributed by atoms with E-state index >= 15 is 0 Å². The minimum Gasteiger partial charge on any atom is -0.481 e. The van der Waals surface area contributed by atoms with Crippen molar-refractivity contribution in [3.63, 3.8) is 0 Å². The molecule has 0 aromatic carbocycles. The molecule has 114 valence electrons. The molecule has 0 amide bonds. The van der Waals surface area contributed by atoms with E-state index in [0.717, 1.165) is 12.8 Å². The highest BCUT2D eigenvalue weighted by atomic mass is 16.4. The number of hydrogen-bond donors (Lipinski definition) is 3. The molecule has 3 unspecified atom stereocenters. The van der Waals surface area contributed by atoms with Crippen molar-refractivity contribution in [2.45, 2.75) is 64.0 Å². The van der Waals surface area contributed by atoms with Crippen molar-refractivity contribution in [3.05, 3.63) is 0 Å². The summed E-state index contributed by atoms with van der Waals surface area (Å²) in [5.41, 5.74) is 0. The van der Waals surface area contributed by atoms with Gasteiger partial charge in [-0.2, -0.15) is 0 Å². The van der Waals surface area contributed by atoms with Crippen LogP contribution in [0, 0.1) is 5.92 Å². The predicted octanol–water partition coefficient (Wildman–Crippen LogP) is 1.43. The number of Topliss-reactive ketones (excluding diaryl/α,β-unsaturated/α-hetero) is 1. The third-order valence-electron chi connectivity index (χ3n) is 3.74. The molecule has 6 heteroatoms. The van der Waals surface area contributed by atoms with Crippen molar-refractivity contribution in [2.24, 2.45) is 5.92 Å². The minimum atomic E-state index is -1.08. The number of rotatable bonds is 3. The first-order chi connectivity index (χ1) is 9.40. The van der Waals surface area contributed by atoms with Crippen LogP contribution in [-0.4, -0.2) is 40.0 Å². The number of hydrogen-bond acceptors (Lipinski definition) is 4. The Morgan fingerprint density at radius 1 is 1.15 bits per heavy atom. The number of ketones is 1. The monoisotopic (exact) mass is 285 g/mol. The Morgan fingerprint density at radius 2 is 1.70 bits per heavy atom. The Kier molecular flexibility index (Phi) is 6.64. The molecule has 1 aliphatic heterocycles. The van der Waals surface area contributed by atoms with E-state index in [1.165, 1.54) is 19.3 Å². The Morgan fingerprint density at radius 3 is 2.25 bits per heavy atom. The molecule has 0 radical (unpaired) electrons. The molecule has 1 aliphatic carbocycles. The van der Waals surface area contributed by atoms with Gasteiger partial charge in [0.1, 0.15) is 5.78 Å². The van der Waals surface area contributed by atoms with Crippen molar-refractivity contribution < 1.29 is 24.6 Å². The smallest absolute Gasteiger partial charge is 0.303 e. The van der Waals surface area contributed by atoms with E-state index in [9.17, 15) is 14.4 Å². The van der Waals surface area contributed by atoms with Crippen LogP contribution in [0.4, 0.5) is 0 Å². The Hall–Kier alpha value is -1.43. The molecule has 0 aromatic rings. The van der Waals surface area contributed by atoms with Gasteiger partial charge in [0.2, 0.25) is 0 Å². The fourth-order valence-corrected chi connectivity index (χ4v) is 2.81. The van der Waals surface area contributed by atoms with Gasteiger partial charge in [-0.15, -0.1) is 0 Å². The Bertz CT molecular complexity index is 355. The zero-order valence-electron chi connectivity index (χ0n) is 11.8. The van der Waals surface area contributed by atoms with Crippen molar-refractivity contribution in [3.8, 4) is 0 Å². The van der Waals surface area contributed by atoms with E-state index < -0.39 is 11.9 Å². The quantitative estimate of drug-likeness (QED) is 0.724. The maximum absolute atomic E-state index is 11.6. The zero-order chi connectivity index (χ0) is 15.1. The molecule has 1 saturated heterocycles. The van der Waals surface area contributed by atoms with Gasteiger partial charge >= 0.3 is 11.9 Å². The fraction of sp³-hybridized carbons (Fsp3) is 0.786. The number of carbonyl (C=O) groups is 3. The summed E-state index contributed by atoms with van der Waals surface area (Å²) in [6, 6.07) is 0.923. The molecular formula is C14H23NO5. The first-order valence-electron chi connectivity index (χ1n) is 7.12. The van der Waals surface area contributed by atoms with Crippen molar-refractivity contribution in [1.29, 1.82) is 0 Å². The second-order valence-electron chi connectivity index (χ2n) is 5.52. The van der Waals surface area contributed by atoms with E-state index in [1.807, 2.05) is 0 Å². The van der Waals surface area contributed by atoms with Crippen LogP contribution in [-0.2, 0) is 14.4 Å². The molecule has 0 bridgehead atoms. The summed E-state index contributed by atoms with van der Waals surface area (Å²) in [4.78, 5) is 30.9. The Labute approximate surface area is 118 Å². The molecule has 2 rings (SSSR count). The lowest BCUT2D eigenvalue weighted by Gasteiger charge is -2.38. The first kappa shape index (κ1) is 16.6. The predicted molar refractivity (Wildman–Crippen MR) is 72.5 cm³/mol. The van der Waals surface area contributed by atoms with E-state index in [-0.39, 0.29) is 12.8 Å². The normalized spacial score (nSPS) is 28.9. The molecule has 2 aliphatic rings. The molecule has 6 nitrogen and oxygen atoms in total. The molecule has 0 spiro atoms. The van der Waals surface area contributed by atoms with Crippen LogP contribution in [0.5, 0.6) is 0 Å². The van der Waals surface area contributed by atoms with Crippen molar-refractivity contribution >= 4 is 17.7 Å². The summed E-state index contributed by atoms with van der Waals surface area (Å²) < 4.78 is 0. The van der Waals surface area contributed by atoms with E-state index in [2.05, 4.69) is 12.2 Å².